The van der Waals surface area contributed by atoms with Gasteiger partial charge in [-0.15, -0.1) is 11.3 Å². The van der Waals surface area contributed by atoms with Gasteiger partial charge in [-0.05, 0) is 50.7 Å². The molecule has 1 aromatic heterocycles. The second-order valence-electron chi connectivity index (χ2n) is 7.77. The van der Waals surface area contributed by atoms with Gasteiger partial charge in [0.25, 0.3) is 5.91 Å². The zero-order chi connectivity index (χ0) is 21.7. The molecule has 0 aliphatic heterocycles. The molecule has 0 unspecified atom stereocenters. The first kappa shape index (κ1) is 22.0. The Labute approximate surface area is 181 Å². The Morgan fingerprint density at radius 2 is 1.83 bits per heavy atom. The van der Waals surface area contributed by atoms with Gasteiger partial charge in [0, 0.05) is 24.4 Å². The summed E-state index contributed by atoms with van der Waals surface area (Å²) in [6.45, 7) is 5.43. The van der Waals surface area contributed by atoms with Crippen molar-refractivity contribution in [2.75, 3.05) is 11.9 Å². The third-order valence-corrected chi connectivity index (χ3v) is 6.34. The molecule has 1 aliphatic rings. The summed E-state index contributed by atoms with van der Waals surface area (Å²) in [6.07, 6.45) is 3.76. The van der Waals surface area contributed by atoms with Crippen LogP contribution in [0.3, 0.4) is 0 Å². The standard InChI is InChI=1S/C23H28N2O4S/c1-15(2)25(13-17-9-5-4-6-10-17)20(27)14-29-23(28)21-18-11-7-8-12-19(18)30-22(21)24-16(3)26/h4-6,9-10,15H,7-8,11-14H2,1-3H3,(H,24,26). The van der Waals surface area contributed by atoms with Crippen LogP contribution in [0.15, 0.2) is 30.3 Å². The fourth-order valence-corrected chi connectivity index (χ4v) is 4.97. The van der Waals surface area contributed by atoms with E-state index in [0.717, 1.165) is 41.7 Å². The molecule has 0 fully saturated rings. The first-order valence-corrected chi connectivity index (χ1v) is 11.1. The number of aryl methyl sites for hydroxylation is 1. The van der Waals surface area contributed by atoms with Crippen LogP contribution in [-0.4, -0.2) is 35.3 Å². The molecule has 1 aromatic carbocycles. The predicted octanol–water partition coefficient (Wildman–Crippen LogP) is 4.18. The number of ether oxygens (including phenoxy) is 1. The van der Waals surface area contributed by atoms with Crippen molar-refractivity contribution in [2.24, 2.45) is 0 Å². The number of nitrogens with zero attached hydrogens (tertiary/aromatic N) is 1. The number of esters is 1. The van der Waals surface area contributed by atoms with Crippen LogP contribution in [-0.2, 0) is 33.7 Å². The van der Waals surface area contributed by atoms with Crippen LogP contribution < -0.4 is 5.32 Å². The molecule has 7 heteroatoms. The minimum Gasteiger partial charge on any atom is -0.452 e. The Kier molecular flexibility index (Phi) is 7.26. The van der Waals surface area contributed by atoms with Gasteiger partial charge < -0.3 is 15.0 Å². The average molecular weight is 429 g/mol. The molecule has 0 spiro atoms. The van der Waals surface area contributed by atoms with Crippen molar-refractivity contribution in [3.05, 3.63) is 51.9 Å². The highest BCUT2D eigenvalue weighted by molar-refractivity contribution is 7.17. The Balaban J connectivity index is 1.72. The first-order chi connectivity index (χ1) is 14.4. The molecule has 3 rings (SSSR count). The molecule has 0 atom stereocenters. The normalized spacial score (nSPS) is 12.9. The zero-order valence-electron chi connectivity index (χ0n) is 17.7. The third-order valence-electron chi connectivity index (χ3n) is 5.13. The minimum atomic E-state index is -0.546. The molecular weight excluding hydrogens is 400 g/mol. The van der Waals surface area contributed by atoms with Gasteiger partial charge in [-0.25, -0.2) is 4.79 Å². The van der Waals surface area contributed by atoms with Gasteiger partial charge in [0.15, 0.2) is 6.61 Å². The highest BCUT2D eigenvalue weighted by Gasteiger charge is 2.28. The molecule has 0 saturated carbocycles. The fraction of sp³-hybridized carbons (Fsp3) is 0.435. The van der Waals surface area contributed by atoms with E-state index in [1.165, 1.54) is 18.3 Å². The number of hydrogen-bond donors (Lipinski definition) is 1. The summed E-state index contributed by atoms with van der Waals surface area (Å²) in [6, 6.07) is 9.70. The van der Waals surface area contributed by atoms with Gasteiger partial charge >= 0.3 is 5.97 Å². The van der Waals surface area contributed by atoms with Crippen molar-refractivity contribution in [1.82, 2.24) is 4.90 Å². The van der Waals surface area contributed by atoms with Gasteiger partial charge in [0.05, 0.1) is 5.56 Å². The van der Waals surface area contributed by atoms with Crippen LogP contribution in [0.25, 0.3) is 0 Å². The number of rotatable bonds is 7. The quantitative estimate of drug-likeness (QED) is 0.672. The number of benzene rings is 1. The van der Waals surface area contributed by atoms with Crippen LogP contribution in [0.2, 0.25) is 0 Å². The van der Waals surface area contributed by atoms with Gasteiger partial charge in [0.1, 0.15) is 5.00 Å². The topological polar surface area (TPSA) is 75.7 Å². The number of amides is 2. The summed E-state index contributed by atoms with van der Waals surface area (Å²) in [4.78, 5) is 40.1. The van der Waals surface area contributed by atoms with Gasteiger partial charge in [0.2, 0.25) is 5.91 Å². The number of carbonyl (C=O) groups excluding carboxylic acids is 3. The van der Waals surface area contributed by atoms with E-state index in [1.807, 2.05) is 44.2 Å². The van der Waals surface area contributed by atoms with Crippen molar-refractivity contribution in [1.29, 1.82) is 0 Å². The third kappa shape index (κ3) is 5.27. The summed E-state index contributed by atoms with van der Waals surface area (Å²) in [5.41, 5.74) is 2.39. The molecule has 2 aromatic rings. The fourth-order valence-electron chi connectivity index (χ4n) is 3.65. The summed E-state index contributed by atoms with van der Waals surface area (Å²) >= 11 is 1.44. The maximum atomic E-state index is 12.9. The van der Waals surface area contributed by atoms with E-state index in [1.54, 1.807) is 4.90 Å². The lowest BCUT2D eigenvalue weighted by molar-refractivity contribution is -0.137. The molecule has 0 bridgehead atoms. The molecule has 0 saturated heterocycles. The van der Waals surface area contributed by atoms with Gasteiger partial charge in [-0.1, -0.05) is 30.3 Å². The summed E-state index contributed by atoms with van der Waals surface area (Å²) in [5, 5.41) is 3.28. The largest absolute Gasteiger partial charge is 0.452 e. The predicted molar refractivity (Wildman–Crippen MR) is 118 cm³/mol. The van der Waals surface area contributed by atoms with E-state index in [0.29, 0.717) is 17.1 Å². The summed E-state index contributed by atoms with van der Waals surface area (Å²) in [5.74, 6) is -1.02. The number of thiophene rings is 1. The lowest BCUT2D eigenvalue weighted by Gasteiger charge is -2.26. The number of fused-ring (bicyclic) bond motifs is 1. The van der Waals surface area contributed by atoms with E-state index in [-0.39, 0.29) is 24.5 Å². The molecule has 30 heavy (non-hydrogen) atoms. The number of hydrogen-bond acceptors (Lipinski definition) is 5. The van der Waals surface area contributed by atoms with E-state index in [4.69, 9.17) is 4.74 Å². The van der Waals surface area contributed by atoms with Crippen molar-refractivity contribution in [3.8, 4) is 0 Å². The van der Waals surface area contributed by atoms with E-state index >= 15 is 0 Å². The van der Waals surface area contributed by atoms with Crippen LogP contribution >= 0.6 is 11.3 Å². The Bertz CT molecular complexity index is 921. The SMILES string of the molecule is CC(=O)Nc1sc2c(c1C(=O)OCC(=O)N(Cc1ccccc1)C(C)C)CCCC2. The smallest absolute Gasteiger partial charge is 0.341 e. The van der Waals surface area contributed by atoms with Crippen LogP contribution in [0, 0.1) is 0 Å². The minimum absolute atomic E-state index is 0.0275. The van der Waals surface area contributed by atoms with Crippen LogP contribution in [0.1, 0.15) is 60.0 Å². The molecule has 0 radical (unpaired) electrons. The molecule has 2 amide bonds. The van der Waals surface area contributed by atoms with Crippen molar-refractivity contribution in [2.45, 2.75) is 59.0 Å². The van der Waals surface area contributed by atoms with E-state index < -0.39 is 5.97 Å². The number of nitrogens with one attached hydrogen (secondary N) is 1. The maximum Gasteiger partial charge on any atom is 0.341 e. The summed E-state index contributed by atoms with van der Waals surface area (Å²) in [7, 11) is 0. The average Bonchev–Trinajstić information content (AvgIpc) is 3.07. The zero-order valence-corrected chi connectivity index (χ0v) is 18.5. The Hall–Kier alpha value is -2.67. The van der Waals surface area contributed by atoms with Gasteiger partial charge in [-0.2, -0.15) is 0 Å². The Morgan fingerprint density at radius 3 is 2.50 bits per heavy atom. The lowest BCUT2D eigenvalue weighted by atomic mass is 9.95. The molecular formula is C23H28N2O4S. The van der Waals surface area contributed by atoms with Crippen molar-refractivity contribution >= 4 is 34.1 Å². The lowest BCUT2D eigenvalue weighted by Crippen LogP contribution is -2.39. The van der Waals surface area contributed by atoms with Crippen LogP contribution in [0.5, 0.6) is 0 Å². The monoisotopic (exact) mass is 428 g/mol. The van der Waals surface area contributed by atoms with Crippen molar-refractivity contribution in [3.63, 3.8) is 0 Å². The molecule has 1 N–H and O–H groups in total. The highest BCUT2D eigenvalue weighted by atomic mass is 32.1. The number of anilines is 1. The van der Waals surface area contributed by atoms with Crippen LogP contribution in [0.4, 0.5) is 5.00 Å². The maximum absolute atomic E-state index is 12.9. The highest BCUT2D eigenvalue weighted by Crippen LogP contribution is 2.38. The van der Waals surface area contributed by atoms with Crippen molar-refractivity contribution < 1.29 is 19.1 Å². The molecule has 160 valence electrons. The molecule has 1 heterocycles. The first-order valence-electron chi connectivity index (χ1n) is 10.3. The second kappa shape index (κ2) is 9.89. The molecule has 1 aliphatic carbocycles. The number of carbonyl (C=O) groups is 3. The Morgan fingerprint density at radius 1 is 1.13 bits per heavy atom. The van der Waals surface area contributed by atoms with E-state index in [9.17, 15) is 14.4 Å². The second-order valence-corrected chi connectivity index (χ2v) is 8.88. The van der Waals surface area contributed by atoms with Gasteiger partial charge in [-0.3, -0.25) is 9.59 Å². The molecule has 6 nitrogen and oxygen atoms in total. The van der Waals surface area contributed by atoms with E-state index in [2.05, 4.69) is 5.32 Å². The summed E-state index contributed by atoms with van der Waals surface area (Å²) < 4.78 is 5.43.